The topological polar surface area (TPSA) is 58.6 Å². The Morgan fingerprint density at radius 1 is 1.00 bits per heavy atom. The van der Waals surface area contributed by atoms with Gasteiger partial charge in [0.25, 0.3) is 0 Å². The SMILES string of the molecule is Cc1ccc(C(C)(C)O)cc1NC(=O)OCC1c2ccccc2-c2ccccc21. The van der Waals surface area contributed by atoms with E-state index in [4.69, 9.17) is 4.74 Å². The molecule has 29 heavy (non-hydrogen) atoms. The first-order valence-electron chi connectivity index (χ1n) is 9.80. The lowest BCUT2D eigenvalue weighted by Crippen LogP contribution is -2.20. The van der Waals surface area contributed by atoms with Crippen molar-refractivity contribution in [1.29, 1.82) is 0 Å². The van der Waals surface area contributed by atoms with Crippen LogP contribution >= 0.6 is 0 Å². The number of hydrogen-bond donors (Lipinski definition) is 2. The van der Waals surface area contributed by atoms with Gasteiger partial charge in [0.15, 0.2) is 0 Å². The van der Waals surface area contributed by atoms with E-state index in [0.29, 0.717) is 5.69 Å². The molecule has 4 nitrogen and oxygen atoms in total. The minimum atomic E-state index is -0.981. The van der Waals surface area contributed by atoms with Gasteiger partial charge in [-0.2, -0.15) is 0 Å². The second-order valence-corrected chi connectivity index (χ2v) is 8.04. The van der Waals surface area contributed by atoms with Crippen molar-refractivity contribution < 1.29 is 14.6 Å². The molecule has 0 heterocycles. The van der Waals surface area contributed by atoms with E-state index >= 15 is 0 Å². The van der Waals surface area contributed by atoms with Crippen molar-refractivity contribution >= 4 is 11.8 Å². The second kappa shape index (κ2) is 7.37. The fraction of sp³-hybridized carbons (Fsp3) is 0.240. The van der Waals surface area contributed by atoms with Crippen molar-refractivity contribution in [2.75, 3.05) is 11.9 Å². The maximum atomic E-state index is 12.5. The summed E-state index contributed by atoms with van der Waals surface area (Å²) in [5.41, 5.74) is 6.07. The van der Waals surface area contributed by atoms with E-state index in [0.717, 1.165) is 11.1 Å². The lowest BCUT2D eigenvalue weighted by molar-refractivity contribution is 0.0786. The molecular formula is C25H25NO3. The second-order valence-electron chi connectivity index (χ2n) is 8.04. The summed E-state index contributed by atoms with van der Waals surface area (Å²) >= 11 is 0. The number of carbonyl (C=O) groups is 1. The molecule has 0 aromatic heterocycles. The van der Waals surface area contributed by atoms with Crippen LogP contribution in [0.3, 0.4) is 0 Å². The molecule has 1 amide bonds. The predicted octanol–water partition coefficient (Wildman–Crippen LogP) is 5.58. The molecular weight excluding hydrogens is 362 g/mol. The van der Waals surface area contributed by atoms with E-state index in [9.17, 15) is 9.90 Å². The number of aryl methyl sites for hydroxylation is 1. The number of amides is 1. The molecule has 1 aliphatic carbocycles. The van der Waals surface area contributed by atoms with Crippen molar-refractivity contribution in [3.05, 3.63) is 89.0 Å². The van der Waals surface area contributed by atoms with E-state index in [1.54, 1.807) is 19.9 Å². The fourth-order valence-electron chi connectivity index (χ4n) is 3.88. The van der Waals surface area contributed by atoms with Crippen LogP contribution in [-0.4, -0.2) is 17.8 Å². The predicted molar refractivity (Wildman–Crippen MR) is 115 cm³/mol. The van der Waals surface area contributed by atoms with Gasteiger partial charge in [-0.15, -0.1) is 0 Å². The Kier molecular flexibility index (Phi) is 4.89. The maximum Gasteiger partial charge on any atom is 0.411 e. The van der Waals surface area contributed by atoms with Crippen LogP contribution in [0.4, 0.5) is 10.5 Å². The van der Waals surface area contributed by atoms with Gasteiger partial charge in [0.05, 0.1) is 5.60 Å². The number of hydrogen-bond acceptors (Lipinski definition) is 3. The number of benzene rings is 3. The summed E-state index contributed by atoms with van der Waals surface area (Å²) < 4.78 is 5.61. The molecule has 0 bridgehead atoms. The summed E-state index contributed by atoms with van der Waals surface area (Å²) in [6.45, 7) is 5.61. The molecule has 4 rings (SSSR count). The molecule has 0 atom stereocenters. The van der Waals surface area contributed by atoms with Crippen LogP contribution in [0.25, 0.3) is 11.1 Å². The molecule has 3 aromatic rings. The zero-order valence-electron chi connectivity index (χ0n) is 16.9. The molecule has 0 saturated heterocycles. The molecule has 4 heteroatoms. The highest BCUT2D eigenvalue weighted by atomic mass is 16.5. The summed E-state index contributed by atoms with van der Waals surface area (Å²) in [6, 6.07) is 22.0. The molecule has 148 valence electrons. The number of ether oxygens (including phenoxy) is 1. The Balaban J connectivity index is 1.50. The quantitative estimate of drug-likeness (QED) is 0.614. The van der Waals surface area contributed by atoms with Gasteiger partial charge in [-0.3, -0.25) is 5.32 Å². The van der Waals surface area contributed by atoms with Gasteiger partial charge >= 0.3 is 6.09 Å². The molecule has 0 radical (unpaired) electrons. The summed E-state index contributed by atoms with van der Waals surface area (Å²) in [5.74, 6) is 0.0250. The van der Waals surface area contributed by atoms with Gasteiger partial charge in [0, 0.05) is 11.6 Å². The van der Waals surface area contributed by atoms with Crippen LogP contribution in [0.1, 0.15) is 42.0 Å². The minimum absolute atomic E-state index is 0.0250. The molecule has 1 aliphatic rings. The lowest BCUT2D eigenvalue weighted by atomic mass is 9.96. The van der Waals surface area contributed by atoms with Gasteiger partial charge in [0.2, 0.25) is 0 Å². The van der Waals surface area contributed by atoms with E-state index in [-0.39, 0.29) is 12.5 Å². The minimum Gasteiger partial charge on any atom is -0.448 e. The van der Waals surface area contributed by atoms with E-state index in [1.807, 2.05) is 43.3 Å². The van der Waals surface area contributed by atoms with Crippen LogP contribution in [0, 0.1) is 6.92 Å². The third-order valence-corrected chi connectivity index (χ3v) is 5.52. The van der Waals surface area contributed by atoms with Crippen molar-refractivity contribution in [2.24, 2.45) is 0 Å². The Bertz CT molecular complexity index is 1020. The van der Waals surface area contributed by atoms with Crippen LogP contribution < -0.4 is 5.32 Å². The Labute approximate surface area is 171 Å². The smallest absolute Gasteiger partial charge is 0.411 e. The Morgan fingerprint density at radius 3 is 2.17 bits per heavy atom. The molecule has 2 N–H and O–H groups in total. The van der Waals surface area contributed by atoms with Crippen LogP contribution in [0.15, 0.2) is 66.7 Å². The highest BCUT2D eigenvalue weighted by Crippen LogP contribution is 2.44. The number of anilines is 1. The molecule has 0 fully saturated rings. The number of aliphatic hydroxyl groups is 1. The first kappa shape index (κ1) is 19.2. The van der Waals surface area contributed by atoms with Gasteiger partial charge in [-0.1, -0.05) is 60.7 Å². The van der Waals surface area contributed by atoms with Crippen LogP contribution in [-0.2, 0) is 10.3 Å². The van der Waals surface area contributed by atoms with Crippen LogP contribution in [0.2, 0.25) is 0 Å². The monoisotopic (exact) mass is 387 g/mol. The molecule has 0 spiro atoms. The number of carbonyl (C=O) groups excluding carboxylic acids is 1. The van der Waals surface area contributed by atoms with Gasteiger partial charge < -0.3 is 9.84 Å². The first-order valence-corrected chi connectivity index (χ1v) is 9.80. The Hall–Kier alpha value is -3.11. The number of rotatable bonds is 4. The third-order valence-electron chi connectivity index (χ3n) is 5.52. The molecule has 3 aromatic carbocycles. The van der Waals surface area contributed by atoms with E-state index < -0.39 is 11.7 Å². The standard InChI is InChI=1S/C25H25NO3/c1-16-12-13-17(25(2,3)28)14-23(16)26-24(27)29-15-22-20-10-6-4-8-18(20)19-9-5-7-11-21(19)22/h4-14,22,28H,15H2,1-3H3,(H,26,27). The summed E-state index contributed by atoms with van der Waals surface area (Å²) in [7, 11) is 0. The van der Waals surface area contributed by atoms with Gasteiger partial charge in [-0.05, 0) is 60.2 Å². The van der Waals surface area contributed by atoms with Crippen molar-refractivity contribution in [2.45, 2.75) is 32.3 Å². The molecule has 0 unspecified atom stereocenters. The largest absolute Gasteiger partial charge is 0.448 e. The number of nitrogens with one attached hydrogen (secondary N) is 1. The highest BCUT2D eigenvalue weighted by molar-refractivity contribution is 5.86. The molecule has 0 saturated carbocycles. The van der Waals surface area contributed by atoms with E-state index in [1.165, 1.54) is 22.3 Å². The normalized spacial score (nSPS) is 13.0. The maximum absolute atomic E-state index is 12.5. The highest BCUT2D eigenvalue weighted by Gasteiger charge is 2.29. The first-order chi connectivity index (χ1) is 13.8. The average molecular weight is 387 g/mol. The van der Waals surface area contributed by atoms with Crippen molar-refractivity contribution in [3.63, 3.8) is 0 Å². The Morgan fingerprint density at radius 2 is 1.59 bits per heavy atom. The fourth-order valence-corrected chi connectivity index (χ4v) is 3.88. The van der Waals surface area contributed by atoms with Gasteiger partial charge in [-0.25, -0.2) is 4.79 Å². The van der Waals surface area contributed by atoms with Crippen molar-refractivity contribution in [1.82, 2.24) is 0 Å². The summed E-state index contributed by atoms with van der Waals surface area (Å²) in [4.78, 5) is 12.5. The summed E-state index contributed by atoms with van der Waals surface area (Å²) in [5, 5.41) is 13.0. The van der Waals surface area contributed by atoms with Crippen LogP contribution in [0.5, 0.6) is 0 Å². The zero-order valence-corrected chi connectivity index (χ0v) is 16.9. The lowest BCUT2D eigenvalue weighted by Gasteiger charge is -2.20. The molecule has 0 aliphatic heterocycles. The number of fused-ring (bicyclic) bond motifs is 3. The van der Waals surface area contributed by atoms with Gasteiger partial charge in [0.1, 0.15) is 6.61 Å². The third kappa shape index (κ3) is 3.76. The summed E-state index contributed by atoms with van der Waals surface area (Å²) in [6.07, 6.45) is -0.497. The average Bonchev–Trinajstić information content (AvgIpc) is 3.01. The van der Waals surface area contributed by atoms with E-state index in [2.05, 4.69) is 29.6 Å². The van der Waals surface area contributed by atoms with Crippen molar-refractivity contribution in [3.8, 4) is 11.1 Å². The zero-order chi connectivity index (χ0) is 20.6.